The summed E-state index contributed by atoms with van der Waals surface area (Å²) in [5, 5.41) is 0.863. The van der Waals surface area contributed by atoms with Crippen LogP contribution in [0.15, 0.2) is 24.1 Å². The Morgan fingerprint density at radius 1 is 1.50 bits per heavy atom. The lowest BCUT2D eigenvalue weighted by Crippen LogP contribution is -1.76. The van der Waals surface area contributed by atoms with E-state index in [1.807, 2.05) is 0 Å². The highest BCUT2D eigenvalue weighted by Gasteiger charge is 1.92. The molecule has 0 saturated heterocycles. The van der Waals surface area contributed by atoms with Crippen molar-refractivity contribution in [3.05, 3.63) is 24.1 Å². The van der Waals surface area contributed by atoms with Crippen LogP contribution in [0.3, 0.4) is 0 Å². The molecule has 0 aromatic heterocycles. The number of rotatable bonds is 2. The molecule has 0 spiro atoms. The molecule has 0 bridgehead atoms. The molecule has 0 aliphatic carbocycles. The molecule has 0 rings (SSSR count). The second kappa shape index (κ2) is 2.89. The first-order chi connectivity index (χ1) is 3.56. The first kappa shape index (κ1) is 7.72. The smallest absolute Gasteiger partial charge is 0.208 e. The molecule has 8 heavy (non-hydrogen) atoms. The van der Waals surface area contributed by atoms with Gasteiger partial charge in [0.25, 0.3) is 9.05 Å². The van der Waals surface area contributed by atoms with Crippen LogP contribution in [0, 0.1) is 0 Å². The Morgan fingerprint density at radius 3 is 2.12 bits per heavy atom. The lowest BCUT2D eigenvalue weighted by Gasteiger charge is -1.74. The Kier molecular flexibility index (Phi) is 2.79. The fraction of sp³-hybridized carbons (Fsp3) is 0. The van der Waals surface area contributed by atoms with Gasteiger partial charge in [-0.25, -0.2) is 8.42 Å². The van der Waals surface area contributed by atoms with Crippen LogP contribution in [0.1, 0.15) is 0 Å². The molecule has 0 atom stereocenters. The predicted molar refractivity (Wildman–Crippen MR) is 34.1 cm³/mol. The minimum Gasteiger partial charge on any atom is -0.208 e. The fourth-order valence-corrected chi connectivity index (χ4v) is 0.626. The number of hydrogen-bond donors (Lipinski definition) is 0. The summed E-state index contributed by atoms with van der Waals surface area (Å²) in [6.07, 6.45) is 2.59. The van der Waals surface area contributed by atoms with Crippen LogP contribution in [0.4, 0.5) is 0 Å². The minimum atomic E-state index is -3.47. The maximum Gasteiger partial charge on any atom is 0.254 e. The second-order valence-electron chi connectivity index (χ2n) is 1.04. The maximum atomic E-state index is 10.0. The lowest BCUT2D eigenvalue weighted by molar-refractivity contribution is 0.617. The fourth-order valence-electron chi connectivity index (χ4n) is 0.149. The van der Waals surface area contributed by atoms with Crippen LogP contribution >= 0.6 is 10.7 Å². The topological polar surface area (TPSA) is 34.1 Å². The van der Waals surface area contributed by atoms with Crippen LogP contribution in [0.25, 0.3) is 0 Å². The van der Waals surface area contributed by atoms with E-state index in [1.54, 1.807) is 0 Å². The highest BCUT2D eigenvalue weighted by Crippen LogP contribution is 1.96. The number of halogens is 1. The van der Waals surface area contributed by atoms with E-state index in [4.69, 9.17) is 10.7 Å². The van der Waals surface area contributed by atoms with Crippen molar-refractivity contribution >= 4 is 19.7 Å². The van der Waals surface area contributed by atoms with Crippen LogP contribution in [-0.2, 0) is 9.05 Å². The molecule has 0 aromatic carbocycles. The molecule has 0 heterocycles. The highest BCUT2D eigenvalue weighted by molar-refractivity contribution is 8.16. The monoisotopic (exact) mass is 152 g/mol. The van der Waals surface area contributed by atoms with E-state index in [9.17, 15) is 8.42 Å². The zero-order valence-corrected chi connectivity index (χ0v) is 5.61. The molecule has 0 aliphatic heterocycles. The average Bonchev–Trinajstić information content (AvgIpc) is 1.59. The molecular formula is C4H5ClO2S. The predicted octanol–water partition coefficient (Wildman–Crippen LogP) is 1.25. The summed E-state index contributed by atoms with van der Waals surface area (Å²) in [6.45, 7) is 3.25. The zero-order valence-electron chi connectivity index (χ0n) is 4.04. The molecule has 0 radical (unpaired) electrons. The van der Waals surface area contributed by atoms with E-state index in [0.717, 1.165) is 5.41 Å². The molecule has 0 unspecified atom stereocenters. The summed E-state index contributed by atoms with van der Waals surface area (Å²) < 4.78 is 20.0. The Bertz CT molecular complexity index is 190. The van der Waals surface area contributed by atoms with Gasteiger partial charge in [-0.05, 0) is 0 Å². The summed E-state index contributed by atoms with van der Waals surface area (Å²) >= 11 is 0. The van der Waals surface area contributed by atoms with Crippen molar-refractivity contribution in [2.75, 3.05) is 0 Å². The third kappa shape index (κ3) is 5.72. The second-order valence-corrected chi connectivity index (χ2v) is 3.55. The van der Waals surface area contributed by atoms with Gasteiger partial charge in [0, 0.05) is 16.1 Å². The Labute approximate surface area is 52.9 Å². The van der Waals surface area contributed by atoms with Gasteiger partial charge in [0.05, 0.1) is 0 Å². The van der Waals surface area contributed by atoms with Crippen molar-refractivity contribution in [2.45, 2.75) is 0 Å². The van der Waals surface area contributed by atoms with Gasteiger partial charge in [-0.3, -0.25) is 0 Å². The summed E-state index contributed by atoms with van der Waals surface area (Å²) in [6, 6.07) is 0. The molecule has 0 aromatic rings. The number of allylic oxidation sites excluding steroid dienone is 2. The third-order valence-electron chi connectivity index (χ3n) is 0.377. The van der Waals surface area contributed by atoms with Crippen LogP contribution in [0.2, 0.25) is 0 Å². The van der Waals surface area contributed by atoms with E-state index >= 15 is 0 Å². The summed E-state index contributed by atoms with van der Waals surface area (Å²) in [5.74, 6) is 0. The molecule has 0 fully saturated rings. The standard InChI is InChI=1S/C4H5ClO2S/c1-2-3-4-8(5,6)7/h2-4H,1H2/b4-3-. The number of hydrogen-bond acceptors (Lipinski definition) is 2. The van der Waals surface area contributed by atoms with Gasteiger partial charge in [0.15, 0.2) is 0 Å². The molecule has 0 amide bonds. The van der Waals surface area contributed by atoms with Crippen molar-refractivity contribution in [1.29, 1.82) is 0 Å². The van der Waals surface area contributed by atoms with Gasteiger partial charge in [-0.1, -0.05) is 18.7 Å². The van der Waals surface area contributed by atoms with E-state index in [0.29, 0.717) is 0 Å². The van der Waals surface area contributed by atoms with Crippen LogP contribution in [0.5, 0.6) is 0 Å². The van der Waals surface area contributed by atoms with Gasteiger partial charge in [0.2, 0.25) is 0 Å². The van der Waals surface area contributed by atoms with E-state index < -0.39 is 9.05 Å². The highest BCUT2D eigenvalue weighted by atomic mass is 35.7. The third-order valence-corrected chi connectivity index (χ3v) is 1.17. The largest absolute Gasteiger partial charge is 0.254 e. The Balaban J connectivity index is 4.12. The first-order valence-electron chi connectivity index (χ1n) is 1.80. The molecule has 0 aliphatic rings. The SMILES string of the molecule is C=C/C=C\S(=O)(=O)Cl. The van der Waals surface area contributed by atoms with Gasteiger partial charge < -0.3 is 0 Å². The van der Waals surface area contributed by atoms with E-state index in [-0.39, 0.29) is 0 Å². The van der Waals surface area contributed by atoms with Crippen molar-refractivity contribution in [3.8, 4) is 0 Å². The average molecular weight is 153 g/mol. The van der Waals surface area contributed by atoms with Crippen molar-refractivity contribution in [3.63, 3.8) is 0 Å². The molecule has 4 heteroatoms. The minimum absolute atomic E-state index is 0.863. The van der Waals surface area contributed by atoms with Gasteiger partial charge in [0.1, 0.15) is 0 Å². The van der Waals surface area contributed by atoms with Crippen molar-refractivity contribution < 1.29 is 8.42 Å². The van der Waals surface area contributed by atoms with E-state index in [2.05, 4.69) is 6.58 Å². The van der Waals surface area contributed by atoms with Crippen molar-refractivity contribution in [1.82, 2.24) is 0 Å². The Morgan fingerprint density at radius 2 is 2.00 bits per heavy atom. The van der Waals surface area contributed by atoms with Crippen molar-refractivity contribution in [2.24, 2.45) is 0 Å². The lowest BCUT2D eigenvalue weighted by atomic mass is 10.6. The molecule has 46 valence electrons. The molecule has 2 nitrogen and oxygen atoms in total. The summed E-state index contributed by atoms with van der Waals surface area (Å²) in [7, 11) is 1.28. The van der Waals surface area contributed by atoms with Gasteiger partial charge in [-0.2, -0.15) is 0 Å². The van der Waals surface area contributed by atoms with Crippen LogP contribution in [-0.4, -0.2) is 8.42 Å². The van der Waals surface area contributed by atoms with Gasteiger partial charge in [-0.15, -0.1) is 0 Å². The summed E-state index contributed by atoms with van der Waals surface area (Å²) in [5.41, 5.74) is 0. The zero-order chi connectivity index (χ0) is 6.62. The molecule has 0 saturated carbocycles. The normalized spacial score (nSPS) is 12.1. The Hall–Kier alpha value is -0.280. The van der Waals surface area contributed by atoms with Crippen LogP contribution < -0.4 is 0 Å². The van der Waals surface area contributed by atoms with Gasteiger partial charge >= 0.3 is 0 Å². The molecular weight excluding hydrogens is 148 g/mol. The quantitative estimate of drug-likeness (QED) is 0.441. The summed E-state index contributed by atoms with van der Waals surface area (Å²) in [4.78, 5) is 0. The molecule has 0 N–H and O–H groups in total. The first-order valence-corrected chi connectivity index (χ1v) is 4.17. The maximum absolute atomic E-state index is 10.0. The van der Waals surface area contributed by atoms with E-state index in [1.165, 1.54) is 12.2 Å².